The highest BCUT2D eigenvalue weighted by Gasteiger charge is 2.05. The van der Waals surface area contributed by atoms with Crippen LogP contribution < -0.4 is 11.1 Å². The van der Waals surface area contributed by atoms with Gasteiger partial charge in [-0.05, 0) is 39.0 Å². The van der Waals surface area contributed by atoms with E-state index < -0.39 is 0 Å². The molecule has 0 aromatic rings. The predicted octanol–water partition coefficient (Wildman–Crippen LogP) is 3.72. The standard InChI is InChI=1S/C20H38N2O3/c1-16(2)15-25-13-12-20(24)9-7-5-6-8-19(23)11-10-18(21)14-22-17(3)4/h14,16-17,22H,5-13,15,21H2,1-4H3/b18-14-. The highest BCUT2D eigenvalue weighted by Crippen LogP contribution is 2.09. The van der Waals surface area contributed by atoms with E-state index in [1.54, 1.807) is 6.20 Å². The van der Waals surface area contributed by atoms with Crippen LogP contribution in [-0.4, -0.2) is 30.8 Å². The fraction of sp³-hybridized carbons (Fsp3) is 0.800. The van der Waals surface area contributed by atoms with Crippen LogP contribution in [0.5, 0.6) is 0 Å². The number of nitrogens with one attached hydrogen (secondary N) is 1. The molecule has 0 saturated carbocycles. The normalized spacial score (nSPS) is 12.0. The van der Waals surface area contributed by atoms with Crippen molar-refractivity contribution < 1.29 is 14.3 Å². The van der Waals surface area contributed by atoms with E-state index in [1.807, 2.05) is 13.8 Å². The van der Waals surface area contributed by atoms with Gasteiger partial charge in [0.2, 0.25) is 0 Å². The second kappa shape index (κ2) is 14.9. The van der Waals surface area contributed by atoms with Crippen molar-refractivity contribution in [2.45, 2.75) is 85.1 Å². The summed E-state index contributed by atoms with van der Waals surface area (Å²) in [7, 11) is 0. The summed E-state index contributed by atoms with van der Waals surface area (Å²) in [6.45, 7) is 9.50. The summed E-state index contributed by atoms with van der Waals surface area (Å²) < 4.78 is 5.42. The van der Waals surface area contributed by atoms with Crippen LogP contribution in [0.4, 0.5) is 0 Å². The Morgan fingerprint density at radius 2 is 1.52 bits per heavy atom. The largest absolute Gasteiger partial charge is 0.401 e. The summed E-state index contributed by atoms with van der Waals surface area (Å²) in [6, 6.07) is 0.346. The van der Waals surface area contributed by atoms with Crippen molar-refractivity contribution in [1.82, 2.24) is 5.32 Å². The smallest absolute Gasteiger partial charge is 0.135 e. The first kappa shape index (κ1) is 23.6. The molecule has 146 valence electrons. The lowest BCUT2D eigenvalue weighted by molar-refractivity contribution is -0.120. The number of hydrogen-bond acceptors (Lipinski definition) is 5. The average molecular weight is 355 g/mol. The van der Waals surface area contributed by atoms with E-state index >= 15 is 0 Å². The molecule has 0 aliphatic carbocycles. The fourth-order valence-electron chi connectivity index (χ4n) is 2.21. The molecule has 5 nitrogen and oxygen atoms in total. The summed E-state index contributed by atoms with van der Waals surface area (Å²) in [5.74, 6) is 1.00. The fourth-order valence-corrected chi connectivity index (χ4v) is 2.21. The number of Topliss-reactive ketones (excluding diaryl/α,β-unsaturated/α-hetero) is 2. The van der Waals surface area contributed by atoms with Crippen LogP contribution in [0, 0.1) is 5.92 Å². The Balaban J connectivity index is 3.56. The van der Waals surface area contributed by atoms with Crippen LogP contribution in [0.2, 0.25) is 0 Å². The van der Waals surface area contributed by atoms with Gasteiger partial charge in [0.25, 0.3) is 0 Å². The Labute approximate surface area is 153 Å². The first-order valence-electron chi connectivity index (χ1n) is 9.63. The molecule has 3 N–H and O–H groups in total. The number of rotatable bonds is 16. The Bertz CT molecular complexity index is 404. The van der Waals surface area contributed by atoms with Gasteiger partial charge < -0.3 is 15.8 Å². The molecule has 0 bridgehead atoms. The molecule has 0 aromatic heterocycles. The molecule has 0 atom stereocenters. The molecule has 0 aliphatic rings. The van der Waals surface area contributed by atoms with Crippen LogP contribution in [0.15, 0.2) is 11.9 Å². The van der Waals surface area contributed by atoms with Crippen molar-refractivity contribution in [1.29, 1.82) is 0 Å². The van der Waals surface area contributed by atoms with Gasteiger partial charge in [0.05, 0.1) is 6.61 Å². The Morgan fingerprint density at radius 3 is 2.08 bits per heavy atom. The lowest BCUT2D eigenvalue weighted by Crippen LogP contribution is -2.18. The van der Waals surface area contributed by atoms with Gasteiger partial charge >= 0.3 is 0 Å². The third kappa shape index (κ3) is 17.3. The number of ketones is 2. The maximum absolute atomic E-state index is 11.8. The van der Waals surface area contributed by atoms with Crippen molar-refractivity contribution in [2.24, 2.45) is 11.7 Å². The van der Waals surface area contributed by atoms with Crippen molar-refractivity contribution in [2.75, 3.05) is 13.2 Å². The number of ether oxygens (including phenoxy) is 1. The van der Waals surface area contributed by atoms with E-state index in [4.69, 9.17) is 10.5 Å². The van der Waals surface area contributed by atoms with Crippen LogP contribution in [0.3, 0.4) is 0 Å². The lowest BCUT2D eigenvalue weighted by Gasteiger charge is -2.07. The van der Waals surface area contributed by atoms with Gasteiger partial charge in [0, 0.05) is 50.2 Å². The maximum atomic E-state index is 11.8. The molecule has 0 aliphatic heterocycles. The zero-order valence-electron chi connectivity index (χ0n) is 16.6. The lowest BCUT2D eigenvalue weighted by atomic mass is 10.0. The van der Waals surface area contributed by atoms with Gasteiger partial charge in [-0.2, -0.15) is 0 Å². The van der Waals surface area contributed by atoms with Gasteiger partial charge in [-0.3, -0.25) is 9.59 Å². The van der Waals surface area contributed by atoms with Crippen LogP contribution >= 0.6 is 0 Å². The topological polar surface area (TPSA) is 81.4 Å². The summed E-state index contributed by atoms with van der Waals surface area (Å²) in [6.07, 6.45) is 7.19. The number of unbranched alkanes of at least 4 members (excludes halogenated alkanes) is 2. The summed E-state index contributed by atoms with van der Waals surface area (Å²) in [5, 5.41) is 3.12. The summed E-state index contributed by atoms with van der Waals surface area (Å²) >= 11 is 0. The second-order valence-corrected chi connectivity index (χ2v) is 7.40. The van der Waals surface area contributed by atoms with Crippen molar-refractivity contribution in [3.05, 3.63) is 11.9 Å². The molecule has 0 fully saturated rings. The number of hydrogen-bond donors (Lipinski definition) is 2. The molecule has 0 amide bonds. The minimum Gasteiger partial charge on any atom is -0.401 e. The van der Waals surface area contributed by atoms with Crippen molar-refractivity contribution in [3.63, 3.8) is 0 Å². The number of carbonyl (C=O) groups is 2. The Hall–Kier alpha value is -1.36. The Kier molecular flexibility index (Phi) is 14.1. The SMILES string of the molecule is CC(C)COCCC(=O)CCCCCC(=O)CC/C(N)=C/NC(C)C. The Morgan fingerprint density at radius 1 is 0.920 bits per heavy atom. The molecular weight excluding hydrogens is 316 g/mol. The predicted molar refractivity (Wildman–Crippen MR) is 103 cm³/mol. The van der Waals surface area contributed by atoms with E-state index in [-0.39, 0.29) is 11.6 Å². The highest BCUT2D eigenvalue weighted by molar-refractivity contribution is 5.79. The first-order chi connectivity index (χ1) is 11.8. The number of allylic oxidation sites excluding steroid dienone is 1. The number of nitrogens with two attached hydrogens (primary N) is 1. The molecule has 25 heavy (non-hydrogen) atoms. The van der Waals surface area contributed by atoms with Gasteiger partial charge in [0.15, 0.2) is 0 Å². The third-order valence-corrected chi connectivity index (χ3v) is 3.68. The summed E-state index contributed by atoms with van der Waals surface area (Å²) in [5.41, 5.74) is 6.56. The molecule has 0 spiro atoms. The van der Waals surface area contributed by atoms with E-state index in [9.17, 15) is 9.59 Å². The average Bonchev–Trinajstić information content (AvgIpc) is 2.54. The molecule has 0 radical (unpaired) electrons. The minimum absolute atomic E-state index is 0.245. The molecule has 0 unspecified atom stereocenters. The van der Waals surface area contributed by atoms with Crippen LogP contribution in [-0.2, 0) is 14.3 Å². The van der Waals surface area contributed by atoms with Gasteiger partial charge in [-0.25, -0.2) is 0 Å². The quantitative estimate of drug-likeness (QED) is 0.413. The van der Waals surface area contributed by atoms with Crippen LogP contribution in [0.25, 0.3) is 0 Å². The van der Waals surface area contributed by atoms with E-state index in [2.05, 4.69) is 19.2 Å². The minimum atomic E-state index is 0.245. The summed E-state index contributed by atoms with van der Waals surface area (Å²) in [4.78, 5) is 23.5. The highest BCUT2D eigenvalue weighted by atomic mass is 16.5. The van der Waals surface area contributed by atoms with Gasteiger partial charge in [-0.1, -0.05) is 20.3 Å². The monoisotopic (exact) mass is 354 g/mol. The van der Waals surface area contributed by atoms with Crippen molar-refractivity contribution in [3.8, 4) is 0 Å². The molecule has 0 rings (SSSR count). The molecule has 0 saturated heterocycles. The van der Waals surface area contributed by atoms with E-state index in [0.29, 0.717) is 63.0 Å². The zero-order valence-corrected chi connectivity index (χ0v) is 16.6. The second-order valence-electron chi connectivity index (χ2n) is 7.40. The molecular formula is C20H38N2O3. The zero-order chi connectivity index (χ0) is 19.1. The number of carbonyl (C=O) groups excluding carboxylic acids is 2. The van der Waals surface area contributed by atoms with Gasteiger partial charge in [0.1, 0.15) is 11.6 Å². The first-order valence-corrected chi connectivity index (χ1v) is 9.63. The third-order valence-electron chi connectivity index (χ3n) is 3.68. The molecule has 0 heterocycles. The molecule has 5 heteroatoms. The van der Waals surface area contributed by atoms with E-state index in [1.165, 1.54) is 0 Å². The van der Waals surface area contributed by atoms with E-state index in [0.717, 1.165) is 19.3 Å². The van der Waals surface area contributed by atoms with Crippen LogP contribution in [0.1, 0.15) is 79.1 Å². The van der Waals surface area contributed by atoms with Crippen molar-refractivity contribution >= 4 is 11.6 Å². The maximum Gasteiger partial charge on any atom is 0.135 e. The van der Waals surface area contributed by atoms with Gasteiger partial charge in [-0.15, -0.1) is 0 Å². The molecule has 0 aromatic carbocycles.